The van der Waals surface area contributed by atoms with Crippen LogP contribution in [-0.2, 0) is 0 Å². The van der Waals surface area contributed by atoms with Crippen molar-refractivity contribution in [3.05, 3.63) is 17.7 Å². The highest BCUT2D eigenvalue weighted by Gasteiger charge is 2.17. The summed E-state index contributed by atoms with van der Waals surface area (Å²) in [6.07, 6.45) is 1.18. The second-order valence-corrected chi connectivity index (χ2v) is 4.78. The van der Waals surface area contributed by atoms with Crippen molar-refractivity contribution in [2.75, 3.05) is 20.8 Å². The van der Waals surface area contributed by atoms with Crippen LogP contribution < -0.4 is 14.2 Å². The lowest BCUT2D eigenvalue weighted by molar-refractivity contribution is 0.0544. The highest BCUT2D eigenvalue weighted by Crippen LogP contribution is 2.38. The van der Waals surface area contributed by atoms with Gasteiger partial charge in [-0.3, -0.25) is 4.79 Å². The van der Waals surface area contributed by atoms with Gasteiger partial charge in [0.15, 0.2) is 11.5 Å². The molecule has 0 bridgehead atoms. The zero-order chi connectivity index (χ0) is 14.5. The Labute approximate surface area is 113 Å². The van der Waals surface area contributed by atoms with Gasteiger partial charge in [0.25, 0.3) is 0 Å². The molecular weight excluding hydrogens is 248 g/mol. The molecule has 0 spiro atoms. The van der Waals surface area contributed by atoms with Crippen LogP contribution in [-0.4, -0.2) is 37.8 Å². The van der Waals surface area contributed by atoms with Gasteiger partial charge in [-0.05, 0) is 26.0 Å². The number of carbonyl (C=O) groups excluding carboxylic acids is 1. The molecule has 1 N–H and O–H groups in total. The summed E-state index contributed by atoms with van der Waals surface area (Å²) in [5.41, 5.74) is -0.355. The van der Waals surface area contributed by atoms with Gasteiger partial charge in [-0.15, -0.1) is 0 Å². The summed E-state index contributed by atoms with van der Waals surface area (Å²) in [7, 11) is 2.98. The lowest BCUT2D eigenvalue weighted by Crippen LogP contribution is -2.22. The van der Waals surface area contributed by atoms with Gasteiger partial charge < -0.3 is 19.3 Å². The van der Waals surface area contributed by atoms with E-state index in [2.05, 4.69) is 0 Å². The third-order valence-electron chi connectivity index (χ3n) is 2.58. The number of ether oxygens (including phenoxy) is 3. The summed E-state index contributed by atoms with van der Waals surface area (Å²) >= 11 is 0. The monoisotopic (exact) mass is 268 g/mol. The van der Waals surface area contributed by atoms with E-state index < -0.39 is 5.60 Å². The molecule has 0 fully saturated rings. The molecule has 1 aromatic carbocycles. The molecule has 0 aliphatic heterocycles. The minimum Gasteiger partial charge on any atom is -0.493 e. The first kappa shape index (κ1) is 15.3. The Bertz CT molecular complexity index is 409. The van der Waals surface area contributed by atoms with Crippen LogP contribution in [0, 0.1) is 0 Å². The van der Waals surface area contributed by atoms with Crippen LogP contribution in [0.1, 0.15) is 30.6 Å². The molecule has 0 radical (unpaired) electrons. The van der Waals surface area contributed by atoms with Crippen LogP contribution in [0.5, 0.6) is 17.2 Å². The molecule has 0 atom stereocenters. The van der Waals surface area contributed by atoms with Crippen molar-refractivity contribution in [3.8, 4) is 17.2 Å². The Morgan fingerprint density at radius 1 is 1.21 bits per heavy atom. The molecule has 0 aromatic heterocycles. The molecule has 0 saturated carbocycles. The molecule has 19 heavy (non-hydrogen) atoms. The molecule has 0 saturated heterocycles. The standard InChI is InChI=1S/C14H20O5/c1-14(2,16)5-6-19-13-11(17-3)7-10(9-15)8-12(13)18-4/h7-9,16H,5-6H2,1-4H3. The first-order valence-electron chi connectivity index (χ1n) is 5.97. The van der Waals surface area contributed by atoms with Gasteiger partial charge in [-0.1, -0.05) is 0 Å². The van der Waals surface area contributed by atoms with Gasteiger partial charge in [0, 0.05) is 12.0 Å². The third-order valence-corrected chi connectivity index (χ3v) is 2.58. The molecule has 0 unspecified atom stereocenters. The van der Waals surface area contributed by atoms with Gasteiger partial charge in [0.1, 0.15) is 6.29 Å². The largest absolute Gasteiger partial charge is 0.493 e. The van der Waals surface area contributed by atoms with Gasteiger partial charge >= 0.3 is 0 Å². The summed E-state index contributed by atoms with van der Waals surface area (Å²) in [5.74, 6) is 1.29. The van der Waals surface area contributed by atoms with Crippen LogP contribution in [0.15, 0.2) is 12.1 Å². The summed E-state index contributed by atoms with van der Waals surface area (Å²) in [6, 6.07) is 3.16. The number of benzene rings is 1. The molecule has 0 amide bonds. The van der Waals surface area contributed by atoms with Crippen molar-refractivity contribution in [3.63, 3.8) is 0 Å². The maximum absolute atomic E-state index is 10.8. The van der Waals surface area contributed by atoms with Crippen molar-refractivity contribution in [1.82, 2.24) is 0 Å². The average molecular weight is 268 g/mol. The third kappa shape index (κ3) is 4.44. The van der Waals surface area contributed by atoms with E-state index in [1.165, 1.54) is 14.2 Å². The number of hydrogen-bond acceptors (Lipinski definition) is 5. The molecular formula is C14H20O5. The fourth-order valence-corrected chi connectivity index (χ4v) is 1.51. The van der Waals surface area contributed by atoms with E-state index >= 15 is 0 Å². The van der Waals surface area contributed by atoms with Gasteiger partial charge in [-0.25, -0.2) is 0 Å². The number of rotatable bonds is 7. The Balaban J connectivity index is 2.94. The lowest BCUT2D eigenvalue weighted by atomic mass is 10.1. The van der Waals surface area contributed by atoms with Crippen LogP contribution in [0.2, 0.25) is 0 Å². The number of aldehydes is 1. The van der Waals surface area contributed by atoms with Crippen molar-refractivity contribution < 1.29 is 24.1 Å². The van der Waals surface area contributed by atoms with E-state index in [9.17, 15) is 9.90 Å². The molecule has 1 rings (SSSR count). The molecule has 0 aliphatic carbocycles. The topological polar surface area (TPSA) is 65.0 Å². The molecule has 0 aliphatic rings. The Morgan fingerprint density at radius 3 is 2.11 bits per heavy atom. The smallest absolute Gasteiger partial charge is 0.203 e. The zero-order valence-electron chi connectivity index (χ0n) is 11.7. The Kier molecular flexibility index (Phi) is 5.18. The van der Waals surface area contributed by atoms with E-state index in [1.807, 2.05) is 0 Å². The second-order valence-electron chi connectivity index (χ2n) is 4.78. The maximum Gasteiger partial charge on any atom is 0.203 e. The van der Waals surface area contributed by atoms with Gasteiger partial charge in [0.2, 0.25) is 5.75 Å². The molecule has 0 heterocycles. The Hall–Kier alpha value is -1.75. The molecule has 106 valence electrons. The van der Waals surface area contributed by atoms with Crippen LogP contribution in [0.25, 0.3) is 0 Å². The maximum atomic E-state index is 10.8. The van der Waals surface area contributed by atoms with E-state index in [-0.39, 0.29) is 0 Å². The summed E-state index contributed by atoms with van der Waals surface area (Å²) in [4.78, 5) is 10.8. The first-order valence-corrected chi connectivity index (χ1v) is 5.97. The summed E-state index contributed by atoms with van der Waals surface area (Å²) < 4.78 is 16.0. The van der Waals surface area contributed by atoms with Crippen molar-refractivity contribution >= 4 is 6.29 Å². The first-order chi connectivity index (χ1) is 8.91. The summed E-state index contributed by atoms with van der Waals surface area (Å²) in [5, 5.41) is 9.64. The minimum absolute atomic E-state index is 0.316. The van der Waals surface area contributed by atoms with Crippen LogP contribution in [0.3, 0.4) is 0 Å². The number of methoxy groups -OCH3 is 2. The normalized spacial score (nSPS) is 11.0. The predicted octanol–water partition coefficient (Wildman–Crippen LogP) is 2.06. The number of hydrogen-bond donors (Lipinski definition) is 1. The molecule has 5 nitrogen and oxygen atoms in total. The summed E-state index contributed by atoms with van der Waals surface area (Å²) in [6.45, 7) is 3.73. The van der Waals surface area contributed by atoms with Crippen molar-refractivity contribution in [2.24, 2.45) is 0 Å². The van der Waals surface area contributed by atoms with E-state index in [0.717, 1.165) is 0 Å². The van der Waals surface area contributed by atoms with E-state index in [1.54, 1.807) is 26.0 Å². The van der Waals surface area contributed by atoms with Crippen molar-refractivity contribution in [1.29, 1.82) is 0 Å². The van der Waals surface area contributed by atoms with Crippen LogP contribution >= 0.6 is 0 Å². The molecule has 1 aromatic rings. The van der Waals surface area contributed by atoms with Crippen LogP contribution in [0.4, 0.5) is 0 Å². The SMILES string of the molecule is COc1cc(C=O)cc(OC)c1OCCC(C)(C)O. The average Bonchev–Trinajstić information content (AvgIpc) is 2.37. The Morgan fingerprint density at radius 2 is 1.74 bits per heavy atom. The predicted molar refractivity (Wildman–Crippen MR) is 71.3 cm³/mol. The zero-order valence-corrected chi connectivity index (χ0v) is 11.7. The van der Waals surface area contributed by atoms with Crippen molar-refractivity contribution in [2.45, 2.75) is 25.9 Å². The highest BCUT2D eigenvalue weighted by atomic mass is 16.5. The van der Waals surface area contributed by atoms with E-state index in [0.29, 0.717) is 42.1 Å². The van der Waals surface area contributed by atoms with Gasteiger partial charge in [0.05, 0.1) is 26.4 Å². The van der Waals surface area contributed by atoms with Gasteiger partial charge in [-0.2, -0.15) is 0 Å². The molecule has 5 heteroatoms. The van der Waals surface area contributed by atoms with E-state index in [4.69, 9.17) is 14.2 Å². The number of aliphatic hydroxyl groups is 1. The lowest BCUT2D eigenvalue weighted by Gasteiger charge is -2.19. The second kappa shape index (κ2) is 6.43. The minimum atomic E-state index is -0.802. The fraction of sp³-hybridized carbons (Fsp3) is 0.500. The quantitative estimate of drug-likeness (QED) is 0.767. The number of carbonyl (C=O) groups is 1. The fourth-order valence-electron chi connectivity index (χ4n) is 1.51. The highest BCUT2D eigenvalue weighted by molar-refractivity contribution is 5.78.